The maximum atomic E-state index is 12.2. The van der Waals surface area contributed by atoms with Crippen LogP contribution in [0.25, 0.3) is 0 Å². The Labute approximate surface area is 123 Å². The van der Waals surface area contributed by atoms with E-state index in [1.54, 1.807) is 42.5 Å². The Morgan fingerprint density at radius 3 is 2.38 bits per heavy atom. The zero-order chi connectivity index (χ0) is 15.2. The molecule has 1 aliphatic heterocycles. The number of aliphatic hydroxyl groups excluding tert-OH is 1. The van der Waals surface area contributed by atoms with Crippen LogP contribution in [0.1, 0.15) is 27.1 Å². The lowest BCUT2D eigenvalue weighted by atomic mass is 10.1. The molecule has 4 nitrogen and oxygen atoms in total. The molecule has 21 heavy (non-hydrogen) atoms. The van der Waals surface area contributed by atoms with Gasteiger partial charge in [0, 0.05) is 6.54 Å². The molecule has 2 rings (SSSR count). The van der Waals surface area contributed by atoms with Gasteiger partial charge in [0.2, 0.25) is 0 Å². The van der Waals surface area contributed by atoms with Gasteiger partial charge in [-0.05, 0) is 30.2 Å². The van der Waals surface area contributed by atoms with E-state index in [2.05, 4.69) is 5.92 Å². The Morgan fingerprint density at radius 1 is 1.24 bits per heavy atom. The summed E-state index contributed by atoms with van der Waals surface area (Å²) in [5, 5.41) is 8.78. The average molecular weight is 281 g/mol. The number of rotatable bonds is 5. The molecule has 1 aromatic rings. The van der Waals surface area contributed by atoms with Gasteiger partial charge in [0.15, 0.2) is 0 Å². The fourth-order valence-corrected chi connectivity index (χ4v) is 2.20. The molecule has 106 valence electrons. The molecular formula is C17H15NO3. The van der Waals surface area contributed by atoms with Crippen molar-refractivity contribution in [3.05, 3.63) is 59.2 Å². The standard InChI is InChI=1S/C17H15NO3/c1-2-6-13(7-5-12-19)10-11-18-16(20)14-8-3-4-9-15(14)17(18)21/h1,3-9,19H,10-12H2/b7-5-,13-6+. The highest BCUT2D eigenvalue weighted by Gasteiger charge is 2.34. The van der Waals surface area contributed by atoms with Crippen molar-refractivity contribution in [3.8, 4) is 12.3 Å². The predicted molar refractivity (Wildman–Crippen MR) is 79.6 cm³/mol. The summed E-state index contributed by atoms with van der Waals surface area (Å²) in [6.45, 7) is 0.171. The van der Waals surface area contributed by atoms with Gasteiger partial charge in [-0.1, -0.05) is 30.2 Å². The number of terminal acetylenes is 1. The SMILES string of the molecule is C#C/C=C(\C=C/CO)CCN1C(=O)c2ccccc2C1=O. The molecule has 0 saturated carbocycles. The van der Waals surface area contributed by atoms with E-state index < -0.39 is 0 Å². The molecule has 1 aromatic carbocycles. The molecule has 2 amide bonds. The first-order chi connectivity index (χ1) is 10.2. The van der Waals surface area contributed by atoms with Crippen LogP contribution in [0.5, 0.6) is 0 Å². The van der Waals surface area contributed by atoms with Crippen LogP contribution >= 0.6 is 0 Å². The van der Waals surface area contributed by atoms with Crippen molar-refractivity contribution in [2.24, 2.45) is 0 Å². The highest BCUT2D eigenvalue weighted by molar-refractivity contribution is 6.21. The van der Waals surface area contributed by atoms with Crippen LogP contribution in [0.15, 0.2) is 48.1 Å². The Kier molecular flexibility index (Phi) is 4.70. The molecule has 1 aliphatic rings. The number of amides is 2. The van der Waals surface area contributed by atoms with Crippen LogP contribution in [-0.4, -0.2) is 35.0 Å². The van der Waals surface area contributed by atoms with Crippen molar-refractivity contribution >= 4 is 11.8 Å². The van der Waals surface area contributed by atoms with E-state index >= 15 is 0 Å². The molecule has 1 N–H and O–H groups in total. The third-order valence-corrected chi connectivity index (χ3v) is 3.21. The molecule has 0 unspecified atom stereocenters. The lowest BCUT2D eigenvalue weighted by Gasteiger charge is -2.13. The number of hydrogen-bond donors (Lipinski definition) is 1. The smallest absolute Gasteiger partial charge is 0.261 e. The molecule has 0 radical (unpaired) electrons. The Balaban J connectivity index is 2.10. The summed E-state index contributed by atoms with van der Waals surface area (Å²) in [5.74, 6) is 1.86. The predicted octanol–water partition coefficient (Wildman–Crippen LogP) is 1.78. The first-order valence-corrected chi connectivity index (χ1v) is 6.57. The second-order valence-electron chi connectivity index (χ2n) is 4.53. The summed E-state index contributed by atoms with van der Waals surface area (Å²) < 4.78 is 0. The van der Waals surface area contributed by atoms with E-state index in [-0.39, 0.29) is 25.0 Å². The van der Waals surface area contributed by atoms with Gasteiger partial charge in [0.25, 0.3) is 11.8 Å². The average Bonchev–Trinajstić information content (AvgIpc) is 2.75. The van der Waals surface area contributed by atoms with Gasteiger partial charge in [-0.2, -0.15) is 0 Å². The molecule has 1 heterocycles. The van der Waals surface area contributed by atoms with Gasteiger partial charge in [-0.15, -0.1) is 6.42 Å². The van der Waals surface area contributed by atoms with E-state index in [0.717, 1.165) is 5.57 Å². The van der Waals surface area contributed by atoms with Crippen LogP contribution in [-0.2, 0) is 0 Å². The van der Waals surface area contributed by atoms with Gasteiger partial charge < -0.3 is 5.11 Å². The zero-order valence-corrected chi connectivity index (χ0v) is 11.5. The molecule has 0 aromatic heterocycles. The first-order valence-electron chi connectivity index (χ1n) is 6.57. The third-order valence-electron chi connectivity index (χ3n) is 3.21. The number of imide groups is 1. The number of carbonyl (C=O) groups excluding carboxylic acids is 2. The van der Waals surface area contributed by atoms with Crippen LogP contribution in [0.4, 0.5) is 0 Å². The number of aliphatic hydroxyl groups is 1. The van der Waals surface area contributed by atoms with Crippen molar-refractivity contribution < 1.29 is 14.7 Å². The van der Waals surface area contributed by atoms with Crippen LogP contribution < -0.4 is 0 Å². The maximum absolute atomic E-state index is 12.2. The summed E-state index contributed by atoms with van der Waals surface area (Å²) in [6.07, 6.45) is 10.5. The number of carbonyl (C=O) groups is 2. The number of fused-ring (bicyclic) bond motifs is 1. The minimum atomic E-state index is -0.276. The van der Waals surface area contributed by atoms with E-state index in [4.69, 9.17) is 11.5 Å². The van der Waals surface area contributed by atoms with Crippen LogP contribution in [0.2, 0.25) is 0 Å². The van der Waals surface area contributed by atoms with Crippen molar-refractivity contribution in [2.45, 2.75) is 6.42 Å². The lowest BCUT2D eigenvalue weighted by molar-refractivity contribution is 0.0656. The van der Waals surface area contributed by atoms with Gasteiger partial charge >= 0.3 is 0 Å². The number of allylic oxidation sites excluding steroid dienone is 2. The van der Waals surface area contributed by atoms with Crippen LogP contribution in [0, 0.1) is 12.3 Å². The van der Waals surface area contributed by atoms with E-state index in [1.165, 1.54) is 4.90 Å². The lowest BCUT2D eigenvalue weighted by Crippen LogP contribution is -2.30. The summed E-state index contributed by atoms with van der Waals surface area (Å²) in [6, 6.07) is 6.78. The number of nitrogens with zero attached hydrogens (tertiary/aromatic N) is 1. The molecule has 0 aliphatic carbocycles. The summed E-state index contributed by atoms with van der Waals surface area (Å²) in [7, 11) is 0. The van der Waals surface area contributed by atoms with Gasteiger partial charge in [-0.3, -0.25) is 14.5 Å². The van der Waals surface area contributed by atoms with Gasteiger partial charge in [0.1, 0.15) is 0 Å². The molecule has 0 bridgehead atoms. The Bertz CT molecular complexity index is 630. The number of benzene rings is 1. The van der Waals surface area contributed by atoms with Crippen molar-refractivity contribution in [1.82, 2.24) is 4.90 Å². The van der Waals surface area contributed by atoms with Crippen LogP contribution in [0.3, 0.4) is 0 Å². The molecule has 0 spiro atoms. The quantitative estimate of drug-likeness (QED) is 0.508. The van der Waals surface area contributed by atoms with E-state index in [1.807, 2.05) is 0 Å². The highest BCUT2D eigenvalue weighted by atomic mass is 16.2. The molecule has 0 saturated heterocycles. The second kappa shape index (κ2) is 6.69. The second-order valence-corrected chi connectivity index (χ2v) is 4.53. The van der Waals surface area contributed by atoms with E-state index in [0.29, 0.717) is 17.5 Å². The van der Waals surface area contributed by atoms with Crippen molar-refractivity contribution in [3.63, 3.8) is 0 Å². The minimum absolute atomic E-state index is 0.0884. The minimum Gasteiger partial charge on any atom is -0.392 e. The third kappa shape index (κ3) is 3.10. The molecule has 0 fully saturated rings. The monoisotopic (exact) mass is 281 g/mol. The van der Waals surface area contributed by atoms with Gasteiger partial charge in [0.05, 0.1) is 17.7 Å². The zero-order valence-electron chi connectivity index (χ0n) is 11.5. The largest absolute Gasteiger partial charge is 0.392 e. The van der Waals surface area contributed by atoms with Crippen molar-refractivity contribution in [2.75, 3.05) is 13.2 Å². The fraction of sp³-hybridized carbons (Fsp3) is 0.176. The first kappa shape index (κ1) is 14.8. The fourth-order valence-electron chi connectivity index (χ4n) is 2.20. The van der Waals surface area contributed by atoms with Gasteiger partial charge in [-0.25, -0.2) is 0 Å². The maximum Gasteiger partial charge on any atom is 0.261 e. The number of hydrogen-bond acceptors (Lipinski definition) is 3. The summed E-state index contributed by atoms with van der Waals surface area (Å²) in [4.78, 5) is 25.6. The van der Waals surface area contributed by atoms with Crippen molar-refractivity contribution in [1.29, 1.82) is 0 Å². The Hall–Kier alpha value is -2.64. The highest BCUT2D eigenvalue weighted by Crippen LogP contribution is 2.23. The molecule has 0 atom stereocenters. The van der Waals surface area contributed by atoms with E-state index in [9.17, 15) is 9.59 Å². The normalized spacial score (nSPS) is 14.7. The summed E-state index contributed by atoms with van der Waals surface area (Å²) >= 11 is 0. The molecule has 4 heteroatoms. The summed E-state index contributed by atoms with van der Waals surface area (Å²) in [5.41, 5.74) is 1.66. The topological polar surface area (TPSA) is 57.6 Å². The molecular weight excluding hydrogens is 266 g/mol. The Morgan fingerprint density at radius 2 is 1.86 bits per heavy atom.